The van der Waals surface area contributed by atoms with E-state index < -0.39 is 5.82 Å². The van der Waals surface area contributed by atoms with Crippen LogP contribution in [0.3, 0.4) is 0 Å². The Labute approximate surface area is 75.2 Å². The molecular formula is C10H6FNO. The summed E-state index contributed by atoms with van der Waals surface area (Å²) < 4.78 is 12.5. The normalized spacial score (nSPS) is 8.31. The molecule has 1 aromatic carbocycles. The van der Waals surface area contributed by atoms with Crippen LogP contribution >= 0.6 is 0 Å². The van der Waals surface area contributed by atoms with Crippen molar-refractivity contribution in [1.82, 2.24) is 0 Å². The fraction of sp³-hybridized carbons (Fsp3) is 0.100. The number of phenolic OH excluding ortho intramolecular Hbond substituents is 1. The number of hydrogen-bond donors (Lipinski definition) is 1. The lowest BCUT2D eigenvalue weighted by molar-refractivity contribution is 0.467. The molecule has 0 aliphatic rings. The van der Waals surface area contributed by atoms with Crippen LogP contribution in [0.1, 0.15) is 12.0 Å². The lowest BCUT2D eigenvalue weighted by Gasteiger charge is -1.94. The molecule has 1 aromatic rings. The van der Waals surface area contributed by atoms with E-state index in [2.05, 4.69) is 11.8 Å². The number of nitriles is 1. The van der Waals surface area contributed by atoms with Crippen molar-refractivity contribution in [2.45, 2.75) is 6.42 Å². The van der Waals surface area contributed by atoms with Crippen LogP contribution in [0.2, 0.25) is 0 Å². The van der Waals surface area contributed by atoms with Crippen molar-refractivity contribution in [3.63, 3.8) is 0 Å². The molecule has 3 heteroatoms. The van der Waals surface area contributed by atoms with Crippen LogP contribution in [0.25, 0.3) is 0 Å². The third kappa shape index (κ3) is 2.50. The van der Waals surface area contributed by atoms with Gasteiger partial charge in [-0.15, -0.1) is 0 Å². The maximum absolute atomic E-state index is 12.5. The van der Waals surface area contributed by atoms with Crippen LogP contribution in [0.5, 0.6) is 5.75 Å². The largest absolute Gasteiger partial charge is 0.507 e. The van der Waals surface area contributed by atoms with Crippen molar-refractivity contribution in [2.24, 2.45) is 0 Å². The minimum atomic E-state index is -0.511. The first-order valence-electron chi connectivity index (χ1n) is 3.58. The summed E-state index contributed by atoms with van der Waals surface area (Å²) in [5.74, 6) is 4.36. The molecule has 0 spiro atoms. The molecule has 0 heterocycles. The number of rotatable bonds is 0. The Morgan fingerprint density at radius 2 is 2.23 bits per heavy atom. The van der Waals surface area contributed by atoms with Gasteiger partial charge >= 0.3 is 0 Å². The second kappa shape index (κ2) is 4.13. The average molecular weight is 175 g/mol. The van der Waals surface area contributed by atoms with E-state index >= 15 is 0 Å². The fourth-order valence-corrected chi connectivity index (χ4v) is 0.789. The van der Waals surface area contributed by atoms with Crippen LogP contribution in [0, 0.1) is 29.0 Å². The van der Waals surface area contributed by atoms with Crippen molar-refractivity contribution in [1.29, 1.82) is 5.26 Å². The minimum Gasteiger partial charge on any atom is -0.507 e. The number of phenols is 1. The van der Waals surface area contributed by atoms with Crippen LogP contribution < -0.4 is 0 Å². The molecule has 1 rings (SSSR count). The Hall–Kier alpha value is -2.00. The van der Waals surface area contributed by atoms with Crippen molar-refractivity contribution >= 4 is 0 Å². The lowest BCUT2D eigenvalue weighted by Crippen LogP contribution is -1.78. The highest BCUT2D eigenvalue weighted by atomic mass is 19.1. The Morgan fingerprint density at radius 3 is 2.85 bits per heavy atom. The Bertz CT molecular complexity index is 409. The van der Waals surface area contributed by atoms with Crippen LogP contribution in [0.4, 0.5) is 4.39 Å². The van der Waals surface area contributed by atoms with E-state index in [1.807, 2.05) is 6.07 Å². The SMILES string of the molecule is N#CCC#Cc1ccc(F)cc1O. The number of aromatic hydroxyl groups is 1. The molecule has 0 bridgehead atoms. The summed E-state index contributed by atoms with van der Waals surface area (Å²) in [7, 11) is 0. The molecule has 1 N–H and O–H groups in total. The number of nitrogens with zero attached hydrogens (tertiary/aromatic N) is 1. The molecule has 0 saturated heterocycles. The lowest BCUT2D eigenvalue weighted by atomic mass is 10.2. The first-order valence-corrected chi connectivity index (χ1v) is 3.58. The standard InChI is InChI=1S/C10H6FNO/c11-9-5-4-8(10(13)7-9)3-1-2-6-12/h4-5,7,13H,2H2. The van der Waals surface area contributed by atoms with Gasteiger partial charge in [-0.2, -0.15) is 5.26 Å². The van der Waals surface area contributed by atoms with Gasteiger partial charge in [-0.05, 0) is 12.1 Å². The first kappa shape index (κ1) is 9.09. The van der Waals surface area contributed by atoms with Crippen LogP contribution in [-0.2, 0) is 0 Å². The van der Waals surface area contributed by atoms with Gasteiger partial charge in [-0.1, -0.05) is 11.8 Å². The Balaban J connectivity index is 2.93. The summed E-state index contributed by atoms with van der Waals surface area (Å²) >= 11 is 0. The van der Waals surface area contributed by atoms with Gasteiger partial charge in [0.25, 0.3) is 0 Å². The van der Waals surface area contributed by atoms with Crippen molar-refractivity contribution < 1.29 is 9.50 Å². The predicted molar refractivity (Wildman–Crippen MR) is 45.2 cm³/mol. The summed E-state index contributed by atoms with van der Waals surface area (Å²) in [6, 6.07) is 5.40. The molecule has 0 aliphatic heterocycles. The van der Waals surface area contributed by atoms with Gasteiger partial charge in [0, 0.05) is 6.07 Å². The summed E-state index contributed by atoms with van der Waals surface area (Å²) in [4.78, 5) is 0. The number of benzene rings is 1. The summed E-state index contributed by atoms with van der Waals surface area (Å²) in [6.07, 6.45) is 0.0941. The Morgan fingerprint density at radius 1 is 1.46 bits per heavy atom. The van der Waals surface area contributed by atoms with Gasteiger partial charge in [0.1, 0.15) is 11.6 Å². The monoisotopic (exact) mass is 175 g/mol. The zero-order valence-electron chi connectivity index (χ0n) is 6.71. The second-order valence-electron chi connectivity index (χ2n) is 2.30. The zero-order chi connectivity index (χ0) is 9.68. The molecule has 0 fully saturated rings. The topological polar surface area (TPSA) is 44.0 Å². The zero-order valence-corrected chi connectivity index (χ0v) is 6.71. The maximum Gasteiger partial charge on any atom is 0.134 e. The fourth-order valence-electron chi connectivity index (χ4n) is 0.789. The molecule has 0 aromatic heterocycles. The highest BCUT2D eigenvalue weighted by Crippen LogP contribution is 2.16. The minimum absolute atomic E-state index is 0.0941. The van der Waals surface area contributed by atoms with Gasteiger partial charge in [-0.25, -0.2) is 4.39 Å². The molecule has 0 radical (unpaired) electrons. The highest BCUT2D eigenvalue weighted by molar-refractivity contribution is 5.45. The predicted octanol–water partition coefficient (Wildman–Crippen LogP) is 1.80. The summed E-state index contributed by atoms with van der Waals surface area (Å²) in [5.41, 5.74) is 0.330. The van der Waals surface area contributed by atoms with Gasteiger partial charge in [-0.3, -0.25) is 0 Å². The van der Waals surface area contributed by atoms with Crippen LogP contribution in [0.15, 0.2) is 18.2 Å². The third-order valence-corrected chi connectivity index (χ3v) is 1.35. The Kier molecular flexibility index (Phi) is 2.89. The number of halogens is 1. The third-order valence-electron chi connectivity index (χ3n) is 1.35. The van der Waals surface area contributed by atoms with E-state index in [1.165, 1.54) is 12.1 Å². The average Bonchev–Trinajstić information content (AvgIpc) is 2.09. The van der Waals surface area contributed by atoms with E-state index in [-0.39, 0.29) is 12.2 Å². The number of hydrogen-bond acceptors (Lipinski definition) is 2. The molecule has 0 amide bonds. The van der Waals surface area contributed by atoms with E-state index in [1.54, 1.807) is 0 Å². The molecule has 0 atom stereocenters. The molecule has 0 aliphatic carbocycles. The summed E-state index contributed by atoms with van der Waals surface area (Å²) in [5, 5.41) is 17.3. The van der Waals surface area contributed by atoms with E-state index in [9.17, 15) is 4.39 Å². The van der Waals surface area contributed by atoms with E-state index in [0.29, 0.717) is 5.56 Å². The van der Waals surface area contributed by atoms with Gasteiger partial charge in [0.05, 0.1) is 18.1 Å². The van der Waals surface area contributed by atoms with Crippen molar-refractivity contribution in [3.8, 4) is 23.7 Å². The molecule has 0 saturated carbocycles. The highest BCUT2D eigenvalue weighted by Gasteiger charge is 1.98. The first-order chi connectivity index (χ1) is 6.24. The van der Waals surface area contributed by atoms with E-state index in [4.69, 9.17) is 10.4 Å². The quantitative estimate of drug-likeness (QED) is 0.611. The molecule has 13 heavy (non-hydrogen) atoms. The molecule has 0 unspecified atom stereocenters. The van der Waals surface area contributed by atoms with Crippen molar-refractivity contribution in [3.05, 3.63) is 29.6 Å². The van der Waals surface area contributed by atoms with Gasteiger partial charge in [0.15, 0.2) is 0 Å². The smallest absolute Gasteiger partial charge is 0.134 e. The molecular weight excluding hydrogens is 169 g/mol. The molecule has 2 nitrogen and oxygen atoms in total. The van der Waals surface area contributed by atoms with Crippen LogP contribution in [-0.4, -0.2) is 5.11 Å². The van der Waals surface area contributed by atoms with E-state index in [0.717, 1.165) is 6.07 Å². The van der Waals surface area contributed by atoms with Gasteiger partial charge in [0.2, 0.25) is 0 Å². The van der Waals surface area contributed by atoms with Crippen molar-refractivity contribution in [2.75, 3.05) is 0 Å². The summed E-state index contributed by atoms with van der Waals surface area (Å²) in [6.45, 7) is 0. The second-order valence-corrected chi connectivity index (χ2v) is 2.30. The molecule has 64 valence electrons. The maximum atomic E-state index is 12.5. The van der Waals surface area contributed by atoms with Gasteiger partial charge < -0.3 is 5.11 Å².